The highest BCUT2D eigenvalue weighted by molar-refractivity contribution is 6.11. The number of benzene rings is 3. The van der Waals surface area contributed by atoms with Crippen molar-refractivity contribution in [3.63, 3.8) is 0 Å². The van der Waals surface area contributed by atoms with Crippen LogP contribution in [0.3, 0.4) is 0 Å². The molecule has 0 saturated heterocycles. The number of methoxy groups -OCH3 is 1. The number of para-hydroxylation sites is 2. The van der Waals surface area contributed by atoms with E-state index in [0.717, 1.165) is 11.1 Å². The number of ether oxygens (including phenoxy) is 2. The number of hydrogen-bond donors (Lipinski definition) is 1. The lowest BCUT2D eigenvalue weighted by atomic mass is 10.1. The van der Waals surface area contributed by atoms with Crippen LogP contribution < -0.4 is 14.9 Å². The maximum Gasteiger partial charge on any atom is 0.277 e. The molecule has 0 aliphatic carbocycles. The van der Waals surface area contributed by atoms with Gasteiger partial charge in [0.25, 0.3) is 5.91 Å². The third-order valence-corrected chi connectivity index (χ3v) is 4.03. The second-order valence-corrected chi connectivity index (χ2v) is 6.08. The standard InChI is InChI=1S/C24H22N2O3/c1-28-22-14-8-9-15-23(22)29-18-24(27)26-25-21(20-12-6-3-7-13-20)17-16-19-10-4-2-5-11-19/h2-17H,18H2,1H3,(H,26,27)/b17-16+,25-21-. The molecule has 0 aromatic heterocycles. The highest BCUT2D eigenvalue weighted by atomic mass is 16.5. The number of nitrogens with one attached hydrogen (secondary N) is 1. The quantitative estimate of drug-likeness (QED) is 0.464. The monoisotopic (exact) mass is 386 g/mol. The highest BCUT2D eigenvalue weighted by Crippen LogP contribution is 2.25. The number of nitrogens with zero attached hydrogens (tertiary/aromatic N) is 1. The van der Waals surface area contributed by atoms with Gasteiger partial charge < -0.3 is 9.47 Å². The fourth-order valence-electron chi connectivity index (χ4n) is 2.58. The first-order valence-corrected chi connectivity index (χ1v) is 9.17. The number of hydrazone groups is 1. The topological polar surface area (TPSA) is 59.9 Å². The SMILES string of the molecule is COc1ccccc1OCC(=O)N/N=C(/C=C/c1ccccc1)c1ccccc1. The Morgan fingerprint density at radius 3 is 2.21 bits per heavy atom. The summed E-state index contributed by atoms with van der Waals surface area (Å²) in [6.07, 6.45) is 3.81. The van der Waals surface area contributed by atoms with E-state index < -0.39 is 0 Å². The maximum atomic E-state index is 12.2. The van der Waals surface area contributed by atoms with E-state index in [1.165, 1.54) is 0 Å². The average Bonchev–Trinajstić information content (AvgIpc) is 2.79. The van der Waals surface area contributed by atoms with Crippen LogP contribution in [0.25, 0.3) is 6.08 Å². The van der Waals surface area contributed by atoms with Crippen molar-refractivity contribution in [3.05, 3.63) is 102 Å². The van der Waals surface area contributed by atoms with Gasteiger partial charge in [-0.1, -0.05) is 78.9 Å². The van der Waals surface area contributed by atoms with Gasteiger partial charge in [-0.25, -0.2) is 5.43 Å². The van der Waals surface area contributed by atoms with Crippen molar-refractivity contribution in [2.75, 3.05) is 13.7 Å². The third-order valence-electron chi connectivity index (χ3n) is 4.03. The van der Waals surface area contributed by atoms with Gasteiger partial charge in [0.1, 0.15) is 0 Å². The van der Waals surface area contributed by atoms with Gasteiger partial charge in [-0.2, -0.15) is 5.10 Å². The number of amides is 1. The Morgan fingerprint density at radius 2 is 1.52 bits per heavy atom. The van der Waals surface area contributed by atoms with Crippen LogP contribution in [0.1, 0.15) is 11.1 Å². The molecule has 0 bridgehead atoms. The van der Waals surface area contributed by atoms with Crippen LogP contribution in [0.15, 0.2) is 96.1 Å². The number of hydrogen-bond acceptors (Lipinski definition) is 4. The molecule has 5 heteroatoms. The summed E-state index contributed by atoms with van der Waals surface area (Å²) in [7, 11) is 1.55. The van der Waals surface area contributed by atoms with Gasteiger partial charge in [-0.05, 0) is 23.8 Å². The van der Waals surface area contributed by atoms with Gasteiger partial charge in [0.2, 0.25) is 0 Å². The Balaban J connectivity index is 1.69. The lowest BCUT2D eigenvalue weighted by molar-refractivity contribution is -0.123. The van der Waals surface area contributed by atoms with Gasteiger partial charge in [0.15, 0.2) is 18.1 Å². The Hall–Kier alpha value is -3.86. The second-order valence-electron chi connectivity index (χ2n) is 6.08. The first kappa shape index (κ1) is 19.9. The number of allylic oxidation sites excluding steroid dienone is 1. The molecule has 1 N–H and O–H groups in total. The van der Waals surface area contributed by atoms with Gasteiger partial charge in [-0.3, -0.25) is 4.79 Å². The summed E-state index contributed by atoms with van der Waals surface area (Å²) in [4.78, 5) is 12.2. The summed E-state index contributed by atoms with van der Waals surface area (Å²) in [6.45, 7) is -0.172. The summed E-state index contributed by atoms with van der Waals surface area (Å²) in [5.41, 5.74) is 5.13. The zero-order chi connectivity index (χ0) is 20.3. The smallest absolute Gasteiger partial charge is 0.277 e. The largest absolute Gasteiger partial charge is 0.493 e. The van der Waals surface area contributed by atoms with E-state index in [2.05, 4.69) is 10.5 Å². The second kappa shape index (κ2) is 10.5. The zero-order valence-electron chi connectivity index (χ0n) is 16.1. The molecule has 0 atom stereocenters. The van der Waals surface area contributed by atoms with E-state index in [4.69, 9.17) is 9.47 Å². The van der Waals surface area contributed by atoms with Crippen molar-refractivity contribution in [1.29, 1.82) is 0 Å². The Kier molecular flexibility index (Phi) is 7.18. The highest BCUT2D eigenvalue weighted by Gasteiger charge is 2.07. The van der Waals surface area contributed by atoms with Crippen LogP contribution in [-0.4, -0.2) is 25.3 Å². The summed E-state index contributed by atoms with van der Waals surface area (Å²) in [6, 6.07) is 26.7. The molecular formula is C24H22N2O3. The van der Waals surface area contributed by atoms with Gasteiger partial charge >= 0.3 is 0 Å². The molecule has 0 radical (unpaired) electrons. The van der Waals surface area contributed by atoms with Crippen LogP contribution in [0.2, 0.25) is 0 Å². The van der Waals surface area contributed by atoms with Crippen LogP contribution in [0.5, 0.6) is 11.5 Å². The molecule has 0 unspecified atom stereocenters. The molecule has 0 heterocycles. The molecule has 1 amide bonds. The van der Waals surface area contributed by atoms with Crippen LogP contribution in [0, 0.1) is 0 Å². The predicted molar refractivity (Wildman–Crippen MR) is 115 cm³/mol. The van der Waals surface area contributed by atoms with Crippen molar-refractivity contribution >= 4 is 17.7 Å². The minimum atomic E-state index is -0.363. The molecule has 0 spiro atoms. The molecular weight excluding hydrogens is 364 g/mol. The number of carbonyl (C=O) groups is 1. The molecule has 5 nitrogen and oxygen atoms in total. The molecule has 3 aromatic carbocycles. The molecule has 0 aliphatic rings. The summed E-state index contributed by atoms with van der Waals surface area (Å²) < 4.78 is 10.7. The Morgan fingerprint density at radius 1 is 0.897 bits per heavy atom. The molecule has 0 fully saturated rings. The van der Waals surface area contributed by atoms with Crippen LogP contribution in [-0.2, 0) is 4.79 Å². The lowest BCUT2D eigenvalue weighted by Crippen LogP contribution is -2.25. The summed E-state index contributed by atoms with van der Waals surface area (Å²) in [5.74, 6) is 0.707. The fourth-order valence-corrected chi connectivity index (χ4v) is 2.58. The Labute approximate surface area is 170 Å². The lowest BCUT2D eigenvalue weighted by Gasteiger charge is -2.09. The fraction of sp³-hybridized carbons (Fsp3) is 0.0833. The molecule has 146 valence electrons. The van der Waals surface area contributed by atoms with Crippen molar-refractivity contribution < 1.29 is 14.3 Å². The minimum absolute atomic E-state index is 0.172. The average molecular weight is 386 g/mol. The molecule has 0 aliphatic heterocycles. The first-order chi connectivity index (χ1) is 14.3. The van der Waals surface area contributed by atoms with E-state index >= 15 is 0 Å². The van der Waals surface area contributed by atoms with E-state index in [1.807, 2.05) is 84.9 Å². The van der Waals surface area contributed by atoms with Crippen molar-refractivity contribution in [3.8, 4) is 11.5 Å². The number of carbonyl (C=O) groups excluding carboxylic acids is 1. The Bertz CT molecular complexity index is 983. The molecule has 3 aromatic rings. The van der Waals surface area contributed by atoms with Crippen LogP contribution >= 0.6 is 0 Å². The van der Waals surface area contributed by atoms with Gasteiger partial charge in [-0.15, -0.1) is 0 Å². The minimum Gasteiger partial charge on any atom is -0.493 e. The van der Waals surface area contributed by atoms with Crippen molar-refractivity contribution in [2.45, 2.75) is 0 Å². The number of rotatable bonds is 8. The van der Waals surface area contributed by atoms with Crippen molar-refractivity contribution in [1.82, 2.24) is 5.43 Å². The molecule has 0 saturated carbocycles. The molecule has 3 rings (SSSR count). The van der Waals surface area contributed by atoms with Gasteiger partial charge in [0.05, 0.1) is 12.8 Å². The maximum absolute atomic E-state index is 12.2. The van der Waals surface area contributed by atoms with Crippen LogP contribution in [0.4, 0.5) is 0 Å². The predicted octanol–water partition coefficient (Wildman–Crippen LogP) is 4.31. The van der Waals surface area contributed by atoms with E-state index in [9.17, 15) is 4.79 Å². The summed E-state index contributed by atoms with van der Waals surface area (Å²) in [5, 5.41) is 4.28. The first-order valence-electron chi connectivity index (χ1n) is 9.17. The van der Waals surface area contributed by atoms with E-state index in [-0.39, 0.29) is 12.5 Å². The molecule has 29 heavy (non-hydrogen) atoms. The summed E-state index contributed by atoms with van der Waals surface area (Å²) >= 11 is 0. The normalized spacial score (nSPS) is 11.3. The third kappa shape index (κ3) is 6.07. The van der Waals surface area contributed by atoms with Gasteiger partial charge in [0, 0.05) is 5.56 Å². The van der Waals surface area contributed by atoms with E-state index in [1.54, 1.807) is 19.2 Å². The van der Waals surface area contributed by atoms with Crippen molar-refractivity contribution in [2.24, 2.45) is 5.10 Å². The zero-order valence-corrected chi connectivity index (χ0v) is 16.1. The van der Waals surface area contributed by atoms with E-state index in [0.29, 0.717) is 17.2 Å².